The fraction of sp³-hybridized carbons (Fsp3) is 0. The monoisotopic (exact) mass is 212 g/mol. The summed E-state index contributed by atoms with van der Waals surface area (Å²) in [5.41, 5.74) is 0.308. The van der Waals surface area contributed by atoms with Crippen molar-refractivity contribution in [1.82, 2.24) is 19.0 Å². The Kier molecular flexibility index (Phi) is 4.58. The van der Waals surface area contributed by atoms with Crippen LogP contribution in [0.2, 0.25) is 0 Å². The third kappa shape index (κ3) is 2.09. The number of hydrogen-bond donors (Lipinski definition) is 1. The summed E-state index contributed by atoms with van der Waals surface area (Å²) in [7, 11) is 0. The van der Waals surface area contributed by atoms with E-state index in [9.17, 15) is 0 Å². The van der Waals surface area contributed by atoms with Crippen molar-refractivity contribution in [3.8, 4) is 17.4 Å². The Bertz CT molecular complexity index is 335. The zero-order valence-electron chi connectivity index (χ0n) is 5.77. The third-order valence-corrected chi connectivity index (χ3v) is 1.52. The van der Waals surface area contributed by atoms with Gasteiger partial charge in [0.1, 0.15) is 12.7 Å². The van der Waals surface area contributed by atoms with E-state index in [1.165, 1.54) is 16.7 Å². The number of aromatic hydroxyl groups is 1. The van der Waals surface area contributed by atoms with E-state index in [0.717, 1.165) is 0 Å². The molecule has 0 bridgehead atoms. The zero-order chi connectivity index (χ0) is 7.84. The van der Waals surface area contributed by atoms with Crippen LogP contribution in [0.15, 0.2) is 12.7 Å². The van der Waals surface area contributed by atoms with Gasteiger partial charge in [0.15, 0.2) is 11.5 Å². The fourth-order valence-corrected chi connectivity index (χ4v) is 0.963. The van der Waals surface area contributed by atoms with Gasteiger partial charge in [-0.25, -0.2) is 19.0 Å². The van der Waals surface area contributed by atoms with Gasteiger partial charge in [-0.05, 0) is 0 Å². The molecule has 2 aliphatic rings. The molecule has 0 spiro atoms. The third-order valence-electron chi connectivity index (χ3n) is 1.27. The van der Waals surface area contributed by atoms with Gasteiger partial charge >= 0.3 is 29.6 Å². The molecule has 0 saturated heterocycles. The van der Waals surface area contributed by atoms with Crippen molar-refractivity contribution in [2.75, 3.05) is 0 Å². The summed E-state index contributed by atoms with van der Waals surface area (Å²) < 4.78 is 1.17. The molecule has 0 atom stereocenters. The molecule has 2 aliphatic heterocycles. The number of rotatable bonds is 0. The Hall–Kier alpha value is -0.400. The van der Waals surface area contributed by atoms with E-state index < -0.39 is 0 Å². The van der Waals surface area contributed by atoms with E-state index in [4.69, 9.17) is 16.9 Å². The van der Waals surface area contributed by atoms with E-state index in [-0.39, 0.29) is 40.9 Å². The van der Waals surface area contributed by atoms with Crippen molar-refractivity contribution >= 4 is 41.3 Å². The Morgan fingerprint density at radius 1 is 1.31 bits per heavy atom. The van der Waals surface area contributed by atoms with E-state index >= 15 is 0 Å². The Morgan fingerprint density at radius 2 is 2.00 bits per heavy atom. The second-order valence-corrected chi connectivity index (χ2v) is 2.29. The van der Waals surface area contributed by atoms with Crippen molar-refractivity contribution < 1.29 is 10.6 Å². The van der Waals surface area contributed by atoms with Gasteiger partial charge in [-0.15, -0.1) is 0 Å². The Morgan fingerprint density at radius 3 is 2.62 bits per heavy atom. The molecule has 0 amide bonds. The predicted molar refractivity (Wildman–Crippen MR) is 48.1 cm³/mol. The second kappa shape index (κ2) is 4.73. The second-order valence-electron chi connectivity index (χ2n) is 1.93. The summed E-state index contributed by atoms with van der Waals surface area (Å²) in [6, 6.07) is 0. The normalized spacial score (nSPS) is 9.00. The van der Waals surface area contributed by atoms with Crippen molar-refractivity contribution in [1.29, 1.82) is 0 Å². The summed E-state index contributed by atoms with van der Waals surface area (Å²) in [6.07, 6.45) is 2.57. The number of imidazole rings is 1. The first-order valence-electron chi connectivity index (χ1n) is 2.82. The summed E-state index contributed by atoms with van der Waals surface area (Å²) in [4.78, 5) is 11.1. The van der Waals surface area contributed by atoms with Gasteiger partial charge in [-0.3, -0.25) is 0 Å². The van der Waals surface area contributed by atoms with Gasteiger partial charge in [-0.2, -0.15) is 0 Å². The summed E-state index contributed by atoms with van der Waals surface area (Å²) in [5, 5.41) is 9.10. The zero-order valence-corrected chi connectivity index (χ0v) is 6.52. The molecule has 66 valence electrons. The number of fused-ring (bicyclic) bond motifs is 1. The number of hydrogen-bond acceptors (Lipinski definition) is 4. The summed E-state index contributed by atoms with van der Waals surface area (Å²) in [5.74, 6) is 0.244. The number of halogens is 1. The van der Waals surface area contributed by atoms with Crippen molar-refractivity contribution in [2.24, 2.45) is 0 Å². The molecular weight excluding hydrogens is 207 g/mol. The number of aromatic nitrogens is 4. The van der Waals surface area contributed by atoms with Crippen LogP contribution in [0, 0.1) is 0 Å². The average molecular weight is 213 g/mol. The van der Waals surface area contributed by atoms with Gasteiger partial charge in [0.2, 0.25) is 5.88 Å². The first kappa shape index (κ1) is 12.6. The van der Waals surface area contributed by atoms with Crippen LogP contribution < -0.4 is 0 Å². The molecule has 8 heteroatoms. The van der Waals surface area contributed by atoms with Crippen molar-refractivity contribution in [3.05, 3.63) is 12.7 Å². The van der Waals surface area contributed by atoms with Crippen LogP contribution in [0.25, 0.3) is 11.5 Å². The first-order valence-corrected chi connectivity index (χ1v) is 3.16. The molecule has 0 radical (unpaired) electrons. The van der Waals surface area contributed by atoms with Crippen LogP contribution in [-0.2, 0) is 0 Å². The number of nitrogens with zero attached hydrogens (tertiary/aromatic N) is 4. The molecule has 0 saturated carbocycles. The van der Waals surface area contributed by atoms with E-state index in [0.29, 0.717) is 11.5 Å². The molecule has 0 aliphatic carbocycles. The molecule has 3 N–H and O–H groups in total. The van der Waals surface area contributed by atoms with Gasteiger partial charge in [0.05, 0.1) is 0 Å². The summed E-state index contributed by atoms with van der Waals surface area (Å²) in [6.45, 7) is 0. The van der Waals surface area contributed by atoms with E-state index in [1.54, 1.807) is 0 Å². The molecule has 0 unspecified atom stereocenters. The standard InChI is InChI=1S/C5H3ClN4O.Na.H2O.H/c6-10-2-9-5(11)3-4(10)8-1-7-3;;;/h1-2,11H;;1H2;. The first-order chi connectivity index (χ1) is 5.29. The maximum absolute atomic E-state index is 9.10. The van der Waals surface area contributed by atoms with Crippen LogP contribution in [0.5, 0.6) is 5.88 Å². The van der Waals surface area contributed by atoms with E-state index in [1.807, 2.05) is 0 Å². The quantitative estimate of drug-likeness (QED) is 0.568. The minimum atomic E-state index is -0.158. The van der Waals surface area contributed by atoms with Crippen LogP contribution in [0.1, 0.15) is 0 Å². The molecule has 13 heavy (non-hydrogen) atoms. The Labute approximate surface area is 101 Å². The molecule has 2 rings (SSSR count). The van der Waals surface area contributed by atoms with Crippen LogP contribution in [0.3, 0.4) is 0 Å². The van der Waals surface area contributed by atoms with Gasteiger partial charge in [-0.1, -0.05) is 0 Å². The predicted octanol–water partition coefficient (Wildman–Crippen LogP) is -0.988. The minimum absolute atomic E-state index is 0. The van der Waals surface area contributed by atoms with Crippen LogP contribution in [0.4, 0.5) is 0 Å². The SMILES string of the molecule is O.Oc1ncn(Cl)c2ncnc1-2.[NaH]. The molecule has 2 heterocycles. The molecule has 6 nitrogen and oxygen atoms in total. The maximum atomic E-state index is 9.10. The average Bonchev–Trinajstić information content (AvgIpc) is 2.45. The molecule has 0 fully saturated rings. The van der Waals surface area contributed by atoms with E-state index in [2.05, 4.69) is 15.0 Å². The Balaban J connectivity index is 0.000000720. The van der Waals surface area contributed by atoms with Gasteiger partial charge in [0.25, 0.3) is 0 Å². The fourth-order valence-electron chi connectivity index (χ4n) is 0.795. The van der Waals surface area contributed by atoms with Crippen LogP contribution >= 0.6 is 11.8 Å². The summed E-state index contributed by atoms with van der Waals surface area (Å²) >= 11 is 5.61. The molecule has 0 aromatic carbocycles. The van der Waals surface area contributed by atoms with Crippen molar-refractivity contribution in [3.63, 3.8) is 0 Å². The van der Waals surface area contributed by atoms with Crippen molar-refractivity contribution in [2.45, 2.75) is 0 Å². The topological polar surface area (TPSA) is 95.3 Å². The molecule has 0 aromatic rings. The molecule has 0 aromatic heterocycles. The molecular formula is C5H6ClN4NaO2. The van der Waals surface area contributed by atoms with Gasteiger partial charge in [0, 0.05) is 11.8 Å². The van der Waals surface area contributed by atoms with Gasteiger partial charge < -0.3 is 10.6 Å². The van der Waals surface area contributed by atoms with Crippen LogP contribution in [-0.4, -0.2) is 59.2 Å².